The molecule has 6 nitrogen and oxygen atoms in total. The predicted molar refractivity (Wildman–Crippen MR) is 109 cm³/mol. The van der Waals surface area contributed by atoms with Gasteiger partial charge in [0.2, 0.25) is 0 Å². The minimum absolute atomic E-state index is 0.327. The molecule has 1 aliphatic carbocycles. The first-order valence-electron chi connectivity index (χ1n) is 9.92. The average molecular weight is 402 g/mol. The van der Waals surface area contributed by atoms with Crippen molar-refractivity contribution in [1.29, 1.82) is 0 Å². The van der Waals surface area contributed by atoms with Gasteiger partial charge in [-0.1, -0.05) is 17.7 Å². The third-order valence-corrected chi connectivity index (χ3v) is 5.28. The molecule has 2 aliphatic rings. The standard InChI is InChI=1S/C23H30O6/c1-14-8-6-10-18(23(26)27-5)11-7-9-15(2)20(28-17(4)24)13-19-16(3)22(25)29-21(19)12-14/h9-10,12,20-21H,6-8,11,13H2,1-5H3/b14-12+,15-9-,18-10-/t20-,21-/m0/s1. The number of carbonyl (C=O) groups excluding carboxylic acids is 3. The molecule has 6 heteroatoms. The van der Waals surface area contributed by atoms with E-state index in [1.54, 1.807) is 6.92 Å². The fourth-order valence-corrected chi connectivity index (χ4v) is 3.54. The van der Waals surface area contributed by atoms with Gasteiger partial charge in [-0.15, -0.1) is 0 Å². The van der Waals surface area contributed by atoms with Crippen molar-refractivity contribution in [3.63, 3.8) is 0 Å². The van der Waals surface area contributed by atoms with E-state index in [-0.39, 0.29) is 17.9 Å². The van der Waals surface area contributed by atoms with Gasteiger partial charge in [0, 0.05) is 24.5 Å². The molecular weight excluding hydrogens is 372 g/mol. The van der Waals surface area contributed by atoms with Crippen LogP contribution in [0.2, 0.25) is 0 Å². The van der Waals surface area contributed by atoms with E-state index < -0.39 is 12.2 Å². The largest absolute Gasteiger partial charge is 0.466 e. The Labute approximate surface area is 172 Å². The molecule has 0 aromatic carbocycles. The minimum atomic E-state index is -0.489. The number of hydrogen-bond donors (Lipinski definition) is 0. The first kappa shape index (κ1) is 22.7. The molecule has 0 unspecified atom stereocenters. The van der Waals surface area contributed by atoms with Gasteiger partial charge in [0.1, 0.15) is 12.2 Å². The molecule has 0 N–H and O–H groups in total. The lowest BCUT2D eigenvalue weighted by molar-refractivity contribution is -0.145. The summed E-state index contributed by atoms with van der Waals surface area (Å²) >= 11 is 0. The monoisotopic (exact) mass is 402 g/mol. The summed E-state index contributed by atoms with van der Waals surface area (Å²) in [5, 5.41) is 0. The molecule has 0 saturated heterocycles. The Morgan fingerprint density at radius 1 is 1.10 bits per heavy atom. The van der Waals surface area contributed by atoms with Crippen LogP contribution in [0.5, 0.6) is 0 Å². The number of esters is 3. The highest BCUT2D eigenvalue weighted by Crippen LogP contribution is 2.31. The lowest BCUT2D eigenvalue weighted by Gasteiger charge is -2.21. The fourth-order valence-electron chi connectivity index (χ4n) is 3.54. The van der Waals surface area contributed by atoms with Crippen molar-refractivity contribution in [2.45, 2.75) is 72.0 Å². The molecule has 0 spiro atoms. The average Bonchev–Trinajstić information content (AvgIpc) is 2.91. The Balaban J connectivity index is 2.42. The van der Waals surface area contributed by atoms with Crippen LogP contribution in [0.15, 0.2) is 46.1 Å². The number of rotatable bonds is 2. The zero-order chi connectivity index (χ0) is 21.6. The number of allylic oxidation sites excluding steroid dienone is 3. The van der Waals surface area contributed by atoms with Gasteiger partial charge in [0.05, 0.1) is 7.11 Å². The summed E-state index contributed by atoms with van der Waals surface area (Å²) in [6.45, 7) is 6.99. The number of hydrogen-bond acceptors (Lipinski definition) is 6. The van der Waals surface area contributed by atoms with Crippen molar-refractivity contribution in [1.82, 2.24) is 0 Å². The molecule has 29 heavy (non-hydrogen) atoms. The zero-order valence-corrected chi connectivity index (χ0v) is 17.9. The van der Waals surface area contributed by atoms with Crippen LogP contribution >= 0.6 is 0 Å². The highest BCUT2D eigenvalue weighted by Gasteiger charge is 2.32. The quantitative estimate of drug-likeness (QED) is 0.393. The Hall–Kier alpha value is -2.63. The smallest absolute Gasteiger partial charge is 0.334 e. The van der Waals surface area contributed by atoms with Crippen molar-refractivity contribution in [2.75, 3.05) is 7.11 Å². The maximum absolute atomic E-state index is 12.2. The maximum atomic E-state index is 12.2. The van der Waals surface area contributed by atoms with Crippen LogP contribution in [0.25, 0.3) is 0 Å². The molecule has 2 rings (SSSR count). The molecule has 0 aromatic heterocycles. The molecule has 1 aliphatic heterocycles. The van der Waals surface area contributed by atoms with Gasteiger partial charge in [-0.2, -0.15) is 0 Å². The molecule has 0 bridgehead atoms. The second-order valence-corrected chi connectivity index (χ2v) is 7.54. The third kappa shape index (κ3) is 6.17. The van der Waals surface area contributed by atoms with Gasteiger partial charge in [0.25, 0.3) is 0 Å². The van der Waals surface area contributed by atoms with Crippen molar-refractivity contribution in [2.24, 2.45) is 0 Å². The van der Waals surface area contributed by atoms with Crippen LogP contribution in [0.3, 0.4) is 0 Å². The summed E-state index contributed by atoms with van der Waals surface area (Å²) in [5.74, 6) is -1.05. The number of carbonyl (C=O) groups is 3. The third-order valence-electron chi connectivity index (χ3n) is 5.28. The predicted octanol–water partition coefficient (Wildman–Crippen LogP) is 4.12. The molecule has 0 saturated carbocycles. The SMILES string of the molecule is COC(=O)/C1=C\CC/C(C)=C/[C@@H]2OC(=O)C(C)=C2C[C@H](OC(C)=O)/C(C)=C\CC1. The minimum Gasteiger partial charge on any atom is -0.466 e. The number of methoxy groups -OCH3 is 1. The first-order chi connectivity index (χ1) is 13.7. The number of ether oxygens (including phenoxy) is 3. The summed E-state index contributed by atoms with van der Waals surface area (Å²) in [6.07, 6.45) is 7.87. The van der Waals surface area contributed by atoms with Gasteiger partial charge < -0.3 is 14.2 Å². The van der Waals surface area contributed by atoms with Crippen LogP contribution in [-0.4, -0.2) is 37.2 Å². The number of fused-ring (bicyclic) bond motifs is 1. The van der Waals surface area contributed by atoms with Gasteiger partial charge in [0.15, 0.2) is 0 Å². The van der Waals surface area contributed by atoms with Crippen LogP contribution in [-0.2, 0) is 28.6 Å². The molecular formula is C23H30O6. The Morgan fingerprint density at radius 2 is 1.79 bits per heavy atom. The topological polar surface area (TPSA) is 78.9 Å². The van der Waals surface area contributed by atoms with Gasteiger partial charge in [-0.25, -0.2) is 9.59 Å². The molecule has 0 aromatic rings. The summed E-state index contributed by atoms with van der Waals surface area (Å²) in [4.78, 5) is 35.9. The summed E-state index contributed by atoms with van der Waals surface area (Å²) < 4.78 is 16.0. The first-order valence-corrected chi connectivity index (χ1v) is 9.92. The van der Waals surface area contributed by atoms with Crippen molar-refractivity contribution in [3.05, 3.63) is 46.1 Å². The van der Waals surface area contributed by atoms with Crippen LogP contribution in [0.1, 0.15) is 59.8 Å². The molecule has 2 atom stereocenters. The van der Waals surface area contributed by atoms with Crippen molar-refractivity contribution in [3.8, 4) is 0 Å². The maximum Gasteiger partial charge on any atom is 0.334 e. The highest BCUT2D eigenvalue weighted by atomic mass is 16.6. The van der Waals surface area contributed by atoms with E-state index in [0.717, 1.165) is 23.1 Å². The molecule has 0 fully saturated rings. The van der Waals surface area contributed by atoms with Crippen molar-refractivity contribution >= 4 is 17.9 Å². The lowest BCUT2D eigenvalue weighted by atomic mass is 9.93. The van der Waals surface area contributed by atoms with E-state index in [1.807, 2.05) is 32.1 Å². The summed E-state index contributed by atoms with van der Waals surface area (Å²) in [7, 11) is 1.38. The van der Waals surface area contributed by atoms with Gasteiger partial charge in [-0.3, -0.25) is 4.79 Å². The van der Waals surface area contributed by atoms with E-state index in [1.165, 1.54) is 14.0 Å². The highest BCUT2D eigenvalue weighted by molar-refractivity contribution is 5.92. The molecule has 0 radical (unpaired) electrons. The van der Waals surface area contributed by atoms with E-state index in [9.17, 15) is 14.4 Å². The van der Waals surface area contributed by atoms with E-state index in [0.29, 0.717) is 36.8 Å². The van der Waals surface area contributed by atoms with E-state index in [4.69, 9.17) is 14.2 Å². The van der Waals surface area contributed by atoms with Gasteiger partial charge >= 0.3 is 17.9 Å². The summed E-state index contributed by atoms with van der Waals surface area (Å²) in [5.41, 5.74) is 3.98. The summed E-state index contributed by atoms with van der Waals surface area (Å²) in [6, 6.07) is 0. The lowest BCUT2D eigenvalue weighted by Crippen LogP contribution is -2.21. The second kappa shape index (κ2) is 10.2. The van der Waals surface area contributed by atoms with Crippen LogP contribution < -0.4 is 0 Å². The fraction of sp³-hybridized carbons (Fsp3) is 0.522. The van der Waals surface area contributed by atoms with E-state index >= 15 is 0 Å². The Morgan fingerprint density at radius 3 is 2.45 bits per heavy atom. The van der Waals surface area contributed by atoms with Crippen LogP contribution in [0.4, 0.5) is 0 Å². The normalized spacial score (nSPS) is 29.1. The second-order valence-electron chi connectivity index (χ2n) is 7.54. The molecule has 0 amide bonds. The van der Waals surface area contributed by atoms with E-state index in [2.05, 4.69) is 0 Å². The van der Waals surface area contributed by atoms with Crippen molar-refractivity contribution < 1.29 is 28.6 Å². The zero-order valence-electron chi connectivity index (χ0n) is 17.9. The molecule has 1 heterocycles. The van der Waals surface area contributed by atoms with Crippen LogP contribution in [0, 0.1) is 0 Å². The Kier molecular flexibility index (Phi) is 8.00. The van der Waals surface area contributed by atoms with Gasteiger partial charge in [-0.05, 0) is 63.7 Å². The Bertz CT molecular complexity index is 796. The molecule has 158 valence electrons.